The van der Waals surface area contributed by atoms with Gasteiger partial charge in [0.1, 0.15) is 11.6 Å². The maximum absolute atomic E-state index is 12.9. The third-order valence-electron chi connectivity index (χ3n) is 4.57. The van der Waals surface area contributed by atoms with Gasteiger partial charge in [0.05, 0.1) is 24.6 Å². The number of para-hydroxylation sites is 1. The van der Waals surface area contributed by atoms with Crippen molar-refractivity contribution in [3.05, 3.63) is 82.0 Å². The van der Waals surface area contributed by atoms with E-state index in [1.54, 1.807) is 23.8 Å². The summed E-state index contributed by atoms with van der Waals surface area (Å²) >= 11 is 0. The molecule has 2 heterocycles. The molecule has 0 fully saturated rings. The highest BCUT2D eigenvalue weighted by Gasteiger charge is 2.13. The third kappa shape index (κ3) is 3.94. The predicted octanol–water partition coefficient (Wildman–Crippen LogP) is 3.57. The number of methoxy groups -OCH3 is 1. The Kier molecular flexibility index (Phi) is 5.20. The lowest BCUT2D eigenvalue weighted by atomic mass is 10.2. The van der Waals surface area contributed by atoms with Gasteiger partial charge in [-0.05, 0) is 35.9 Å². The van der Waals surface area contributed by atoms with Crippen molar-refractivity contribution in [2.24, 2.45) is 0 Å². The van der Waals surface area contributed by atoms with E-state index in [9.17, 15) is 4.79 Å². The Bertz CT molecular complexity index is 1220. The monoisotopic (exact) mass is 388 g/mol. The highest BCUT2D eigenvalue weighted by Crippen LogP contribution is 2.14. The molecular weight excluding hydrogens is 368 g/mol. The summed E-state index contributed by atoms with van der Waals surface area (Å²) in [7, 11) is 1.63. The van der Waals surface area contributed by atoms with Gasteiger partial charge in [-0.15, -0.1) is 0 Å². The summed E-state index contributed by atoms with van der Waals surface area (Å²) < 4.78 is 12.0. The van der Waals surface area contributed by atoms with E-state index >= 15 is 0 Å². The Hall–Kier alpha value is -3.74. The lowest BCUT2D eigenvalue weighted by Gasteiger charge is -2.10. The van der Waals surface area contributed by atoms with Crippen LogP contribution >= 0.6 is 0 Å². The number of ether oxygens (including phenoxy) is 1. The Labute approximate surface area is 167 Å². The van der Waals surface area contributed by atoms with Crippen LogP contribution in [-0.4, -0.2) is 26.8 Å². The Morgan fingerprint density at radius 3 is 2.62 bits per heavy atom. The normalized spacial score (nSPS) is 11.4. The quantitative estimate of drug-likeness (QED) is 0.502. The molecule has 0 atom stereocenters. The van der Waals surface area contributed by atoms with Crippen molar-refractivity contribution < 1.29 is 9.26 Å². The van der Waals surface area contributed by atoms with Gasteiger partial charge in [0, 0.05) is 12.5 Å². The zero-order valence-electron chi connectivity index (χ0n) is 16.2. The van der Waals surface area contributed by atoms with Gasteiger partial charge in [0.15, 0.2) is 5.82 Å². The SMILES string of the molecule is CCc1nc2ccccc2c(=O)n1Cc1noc(/C=C/c2ccc(OC)cc2)n1. The zero-order chi connectivity index (χ0) is 20.2. The van der Waals surface area contributed by atoms with Gasteiger partial charge in [-0.25, -0.2) is 4.98 Å². The van der Waals surface area contributed by atoms with Crippen LogP contribution in [0.5, 0.6) is 5.75 Å². The molecule has 0 aliphatic heterocycles. The molecule has 7 heteroatoms. The van der Waals surface area contributed by atoms with E-state index in [0.29, 0.717) is 34.9 Å². The predicted molar refractivity (Wildman–Crippen MR) is 111 cm³/mol. The van der Waals surface area contributed by atoms with E-state index in [4.69, 9.17) is 9.26 Å². The Morgan fingerprint density at radius 1 is 1.07 bits per heavy atom. The topological polar surface area (TPSA) is 83.0 Å². The number of benzene rings is 2. The average Bonchev–Trinajstić information content (AvgIpc) is 3.22. The number of aromatic nitrogens is 4. The minimum atomic E-state index is -0.104. The van der Waals surface area contributed by atoms with Crippen molar-refractivity contribution in [2.75, 3.05) is 7.11 Å². The maximum Gasteiger partial charge on any atom is 0.261 e. The Morgan fingerprint density at radius 2 is 1.86 bits per heavy atom. The first-order valence-electron chi connectivity index (χ1n) is 9.31. The molecule has 0 radical (unpaired) electrons. The van der Waals surface area contributed by atoms with Gasteiger partial charge in [-0.2, -0.15) is 4.98 Å². The third-order valence-corrected chi connectivity index (χ3v) is 4.57. The molecule has 2 aromatic carbocycles. The van der Waals surface area contributed by atoms with Crippen molar-refractivity contribution in [2.45, 2.75) is 19.9 Å². The van der Waals surface area contributed by atoms with Crippen LogP contribution in [0.2, 0.25) is 0 Å². The smallest absolute Gasteiger partial charge is 0.261 e. The van der Waals surface area contributed by atoms with E-state index in [1.165, 1.54) is 0 Å². The highest BCUT2D eigenvalue weighted by atomic mass is 16.5. The van der Waals surface area contributed by atoms with Crippen molar-refractivity contribution >= 4 is 23.1 Å². The molecule has 2 aromatic heterocycles. The van der Waals surface area contributed by atoms with Crippen LogP contribution in [-0.2, 0) is 13.0 Å². The first-order chi connectivity index (χ1) is 14.2. The Balaban J connectivity index is 1.58. The number of hydrogen-bond acceptors (Lipinski definition) is 6. The first kappa shape index (κ1) is 18.6. The van der Waals surface area contributed by atoms with Crippen LogP contribution < -0.4 is 10.3 Å². The van der Waals surface area contributed by atoms with E-state index in [1.807, 2.05) is 55.5 Å². The summed E-state index contributed by atoms with van der Waals surface area (Å²) in [6, 6.07) is 14.9. The second-order valence-corrected chi connectivity index (χ2v) is 6.45. The molecule has 0 spiro atoms. The molecule has 0 amide bonds. The fourth-order valence-corrected chi connectivity index (χ4v) is 3.07. The molecule has 7 nitrogen and oxygen atoms in total. The maximum atomic E-state index is 12.9. The minimum absolute atomic E-state index is 0.104. The zero-order valence-corrected chi connectivity index (χ0v) is 16.2. The van der Waals surface area contributed by atoms with Gasteiger partial charge in [0.2, 0.25) is 0 Å². The van der Waals surface area contributed by atoms with Gasteiger partial charge in [-0.3, -0.25) is 9.36 Å². The van der Waals surface area contributed by atoms with Crippen LogP contribution in [0.15, 0.2) is 57.8 Å². The van der Waals surface area contributed by atoms with E-state index in [-0.39, 0.29) is 12.1 Å². The molecular formula is C22H20N4O3. The molecule has 0 bridgehead atoms. The van der Waals surface area contributed by atoms with E-state index < -0.39 is 0 Å². The summed E-state index contributed by atoms with van der Waals surface area (Å²) in [4.78, 5) is 21.9. The summed E-state index contributed by atoms with van der Waals surface area (Å²) in [5, 5.41) is 4.58. The molecule has 146 valence electrons. The summed E-state index contributed by atoms with van der Waals surface area (Å²) in [5.74, 6) is 2.28. The van der Waals surface area contributed by atoms with E-state index in [2.05, 4.69) is 15.1 Å². The number of fused-ring (bicyclic) bond motifs is 1. The molecule has 4 aromatic rings. The number of aryl methyl sites for hydroxylation is 1. The molecule has 0 aliphatic rings. The summed E-state index contributed by atoms with van der Waals surface area (Å²) in [6.45, 7) is 2.17. The van der Waals surface area contributed by atoms with Crippen LogP contribution in [0.3, 0.4) is 0 Å². The summed E-state index contributed by atoms with van der Waals surface area (Å²) in [5.41, 5.74) is 1.57. The second-order valence-electron chi connectivity index (χ2n) is 6.45. The van der Waals surface area contributed by atoms with Crippen molar-refractivity contribution in [1.82, 2.24) is 19.7 Å². The minimum Gasteiger partial charge on any atom is -0.497 e. The molecule has 0 aliphatic carbocycles. The standard InChI is InChI=1S/C22H20N4O3/c1-3-20-23-18-7-5-4-6-17(18)22(27)26(20)14-19-24-21(29-25-19)13-10-15-8-11-16(28-2)12-9-15/h4-13H,3,14H2,1-2H3/b13-10+. The van der Waals surface area contributed by atoms with Gasteiger partial charge in [0.25, 0.3) is 11.4 Å². The fraction of sp³-hybridized carbons (Fsp3) is 0.182. The molecule has 0 saturated heterocycles. The molecule has 4 rings (SSSR count). The highest BCUT2D eigenvalue weighted by molar-refractivity contribution is 5.77. The first-order valence-corrected chi connectivity index (χ1v) is 9.31. The van der Waals surface area contributed by atoms with Gasteiger partial charge < -0.3 is 9.26 Å². The molecule has 0 N–H and O–H groups in total. The van der Waals surface area contributed by atoms with Gasteiger partial charge in [-0.1, -0.05) is 36.3 Å². The molecule has 0 saturated carbocycles. The van der Waals surface area contributed by atoms with Crippen LogP contribution in [0.4, 0.5) is 0 Å². The number of rotatable bonds is 6. The van der Waals surface area contributed by atoms with Crippen molar-refractivity contribution in [1.29, 1.82) is 0 Å². The van der Waals surface area contributed by atoms with E-state index in [0.717, 1.165) is 11.3 Å². The lowest BCUT2D eigenvalue weighted by molar-refractivity contribution is 0.400. The average molecular weight is 388 g/mol. The lowest BCUT2D eigenvalue weighted by Crippen LogP contribution is -2.26. The van der Waals surface area contributed by atoms with Crippen LogP contribution in [0, 0.1) is 0 Å². The summed E-state index contributed by atoms with van der Waals surface area (Å²) in [6.07, 6.45) is 4.24. The van der Waals surface area contributed by atoms with Gasteiger partial charge >= 0.3 is 0 Å². The number of nitrogens with zero attached hydrogens (tertiary/aromatic N) is 4. The number of hydrogen-bond donors (Lipinski definition) is 0. The fourth-order valence-electron chi connectivity index (χ4n) is 3.07. The van der Waals surface area contributed by atoms with Crippen LogP contribution in [0.25, 0.3) is 23.1 Å². The van der Waals surface area contributed by atoms with Crippen LogP contribution in [0.1, 0.15) is 30.0 Å². The second kappa shape index (κ2) is 8.10. The van der Waals surface area contributed by atoms with Crippen molar-refractivity contribution in [3.63, 3.8) is 0 Å². The van der Waals surface area contributed by atoms with Crippen molar-refractivity contribution in [3.8, 4) is 5.75 Å². The molecule has 0 unspecified atom stereocenters. The largest absolute Gasteiger partial charge is 0.497 e. The molecule has 29 heavy (non-hydrogen) atoms.